The lowest BCUT2D eigenvalue weighted by molar-refractivity contribution is 0.411. The molecular weight excluding hydrogens is 376 g/mol. The molecule has 0 bridgehead atoms. The second kappa shape index (κ2) is 5.76. The van der Waals surface area contributed by atoms with Gasteiger partial charge in [-0.25, -0.2) is 0 Å². The van der Waals surface area contributed by atoms with Gasteiger partial charge in [-0.15, -0.1) is 11.3 Å². The zero-order valence-corrected chi connectivity index (χ0v) is 14.4. The Hall–Kier alpha value is -0.320. The number of halogens is 2. The Balaban J connectivity index is 2.36. The number of alkyl halides is 1. The minimum absolute atomic E-state index is 0.210. The van der Waals surface area contributed by atoms with Gasteiger partial charge in [-0.1, -0.05) is 28.1 Å². The van der Waals surface area contributed by atoms with Crippen molar-refractivity contribution in [3.8, 4) is 5.75 Å². The predicted octanol–water partition coefficient (Wildman–Crippen LogP) is 5.62. The van der Waals surface area contributed by atoms with Crippen molar-refractivity contribution in [2.45, 2.75) is 18.7 Å². The van der Waals surface area contributed by atoms with Crippen LogP contribution in [-0.2, 0) is 0 Å². The Morgan fingerprint density at radius 2 is 1.89 bits per heavy atom. The van der Waals surface area contributed by atoms with Crippen molar-refractivity contribution in [3.63, 3.8) is 0 Å². The summed E-state index contributed by atoms with van der Waals surface area (Å²) in [6.07, 6.45) is 0. The van der Waals surface area contributed by atoms with E-state index in [0.717, 1.165) is 11.3 Å². The summed E-state index contributed by atoms with van der Waals surface area (Å²) in [5, 5.41) is 0. The van der Waals surface area contributed by atoms with Crippen molar-refractivity contribution < 1.29 is 4.74 Å². The van der Waals surface area contributed by atoms with Crippen LogP contribution in [0.2, 0.25) is 0 Å². The third-order valence-electron chi connectivity index (χ3n) is 2.85. The Morgan fingerprint density at radius 3 is 2.44 bits per heavy atom. The maximum Gasteiger partial charge on any atom is 0.122 e. The van der Waals surface area contributed by atoms with Crippen molar-refractivity contribution in [1.29, 1.82) is 0 Å². The first kappa shape index (κ1) is 14.1. The summed E-state index contributed by atoms with van der Waals surface area (Å²) >= 11 is 9.10. The molecule has 0 saturated carbocycles. The number of aryl methyl sites for hydroxylation is 2. The zero-order valence-electron chi connectivity index (χ0n) is 10.5. The van der Waals surface area contributed by atoms with Crippen LogP contribution >= 0.6 is 43.2 Å². The monoisotopic (exact) mass is 388 g/mol. The second-order valence-electron chi connectivity index (χ2n) is 4.20. The van der Waals surface area contributed by atoms with Gasteiger partial charge in [-0.3, -0.25) is 0 Å². The van der Waals surface area contributed by atoms with Crippen LogP contribution in [0.4, 0.5) is 0 Å². The van der Waals surface area contributed by atoms with Crippen LogP contribution in [0.3, 0.4) is 0 Å². The molecule has 0 radical (unpaired) electrons. The molecule has 0 saturated heterocycles. The molecule has 1 nitrogen and oxygen atoms in total. The highest BCUT2D eigenvalue weighted by molar-refractivity contribution is 9.11. The van der Waals surface area contributed by atoms with E-state index in [1.54, 1.807) is 18.4 Å². The largest absolute Gasteiger partial charge is 0.496 e. The van der Waals surface area contributed by atoms with Gasteiger partial charge in [0.2, 0.25) is 0 Å². The minimum Gasteiger partial charge on any atom is -0.496 e. The zero-order chi connectivity index (χ0) is 13.3. The lowest BCUT2D eigenvalue weighted by atomic mass is 10.1. The molecule has 1 atom stereocenters. The number of hydrogen-bond acceptors (Lipinski definition) is 2. The fourth-order valence-corrected chi connectivity index (χ4v) is 4.04. The van der Waals surface area contributed by atoms with Gasteiger partial charge in [0.25, 0.3) is 0 Å². The molecule has 1 unspecified atom stereocenters. The maximum atomic E-state index is 5.37. The summed E-state index contributed by atoms with van der Waals surface area (Å²) < 4.78 is 6.57. The molecule has 96 valence electrons. The van der Waals surface area contributed by atoms with E-state index in [4.69, 9.17) is 4.74 Å². The molecule has 2 rings (SSSR count). The Labute approximate surface area is 128 Å². The lowest BCUT2D eigenvalue weighted by Gasteiger charge is -2.11. The molecule has 18 heavy (non-hydrogen) atoms. The molecule has 0 fully saturated rings. The summed E-state index contributed by atoms with van der Waals surface area (Å²) in [6.45, 7) is 4.16. The predicted molar refractivity (Wildman–Crippen MR) is 85.3 cm³/mol. The van der Waals surface area contributed by atoms with E-state index < -0.39 is 0 Å². The van der Waals surface area contributed by atoms with E-state index in [9.17, 15) is 0 Å². The molecule has 0 aliphatic carbocycles. The Kier molecular flexibility index (Phi) is 4.51. The maximum absolute atomic E-state index is 5.37. The first-order valence-corrected chi connectivity index (χ1v) is 8.10. The smallest absolute Gasteiger partial charge is 0.122 e. The Bertz CT molecular complexity index is 543. The molecule has 0 aliphatic rings. The highest BCUT2D eigenvalue weighted by Gasteiger charge is 2.15. The van der Waals surface area contributed by atoms with Crippen LogP contribution in [0.15, 0.2) is 28.1 Å². The number of hydrogen-bond donors (Lipinski definition) is 0. The summed E-state index contributed by atoms with van der Waals surface area (Å²) in [6, 6.07) is 8.54. The van der Waals surface area contributed by atoms with Gasteiger partial charge in [0, 0.05) is 4.88 Å². The summed E-state index contributed by atoms with van der Waals surface area (Å²) in [5.74, 6) is 0.935. The van der Waals surface area contributed by atoms with E-state index in [1.165, 1.54) is 19.8 Å². The van der Waals surface area contributed by atoms with Gasteiger partial charge < -0.3 is 4.74 Å². The van der Waals surface area contributed by atoms with Crippen molar-refractivity contribution in [2.24, 2.45) is 0 Å². The molecule has 4 heteroatoms. The van der Waals surface area contributed by atoms with Gasteiger partial charge in [0.1, 0.15) is 5.75 Å². The number of rotatable bonds is 3. The molecule has 0 spiro atoms. The SMILES string of the molecule is COc1cc(C(Br)c2cc(C)c(Br)s2)ccc1C. The summed E-state index contributed by atoms with van der Waals surface area (Å²) in [4.78, 5) is 1.51. The van der Waals surface area contributed by atoms with E-state index in [1.807, 2.05) is 0 Å². The normalized spacial score (nSPS) is 12.5. The van der Waals surface area contributed by atoms with E-state index in [-0.39, 0.29) is 4.83 Å². The van der Waals surface area contributed by atoms with Crippen molar-refractivity contribution in [2.75, 3.05) is 7.11 Å². The highest BCUT2D eigenvalue weighted by atomic mass is 79.9. The third kappa shape index (κ3) is 2.81. The first-order valence-electron chi connectivity index (χ1n) is 5.57. The van der Waals surface area contributed by atoms with Crippen LogP contribution in [0, 0.1) is 13.8 Å². The Morgan fingerprint density at radius 1 is 1.17 bits per heavy atom. The topological polar surface area (TPSA) is 9.23 Å². The fraction of sp³-hybridized carbons (Fsp3) is 0.286. The van der Waals surface area contributed by atoms with Gasteiger partial charge >= 0.3 is 0 Å². The standard InChI is InChI=1S/C14H14Br2OS/c1-8-4-5-10(7-11(8)17-3)13(15)12-6-9(2)14(16)18-12/h4-7,13H,1-3H3. The van der Waals surface area contributed by atoms with E-state index in [2.05, 4.69) is 70.0 Å². The van der Waals surface area contributed by atoms with E-state index in [0.29, 0.717) is 0 Å². The molecule has 1 heterocycles. The van der Waals surface area contributed by atoms with Crippen LogP contribution < -0.4 is 4.74 Å². The molecule has 1 aromatic heterocycles. The minimum atomic E-state index is 0.210. The van der Waals surface area contributed by atoms with Crippen LogP contribution in [0.25, 0.3) is 0 Å². The van der Waals surface area contributed by atoms with Gasteiger partial charge in [0.05, 0.1) is 15.7 Å². The molecule has 2 aromatic rings. The molecular formula is C14H14Br2OS. The van der Waals surface area contributed by atoms with Crippen molar-refractivity contribution >= 4 is 43.2 Å². The van der Waals surface area contributed by atoms with Gasteiger partial charge in [-0.05, 0) is 58.6 Å². The summed E-state index contributed by atoms with van der Waals surface area (Å²) in [5.41, 5.74) is 3.65. The summed E-state index contributed by atoms with van der Waals surface area (Å²) in [7, 11) is 1.71. The second-order valence-corrected chi connectivity index (χ2v) is 7.51. The van der Waals surface area contributed by atoms with Crippen molar-refractivity contribution in [3.05, 3.63) is 49.6 Å². The number of methoxy groups -OCH3 is 1. The molecule has 0 aliphatic heterocycles. The van der Waals surface area contributed by atoms with E-state index >= 15 is 0 Å². The van der Waals surface area contributed by atoms with Crippen LogP contribution in [0.5, 0.6) is 5.75 Å². The van der Waals surface area contributed by atoms with Gasteiger partial charge in [-0.2, -0.15) is 0 Å². The van der Waals surface area contributed by atoms with Gasteiger partial charge in [0.15, 0.2) is 0 Å². The van der Waals surface area contributed by atoms with Crippen molar-refractivity contribution in [1.82, 2.24) is 0 Å². The quantitative estimate of drug-likeness (QED) is 0.619. The lowest BCUT2D eigenvalue weighted by Crippen LogP contribution is -1.93. The third-order valence-corrected chi connectivity index (χ3v) is 6.38. The number of benzene rings is 1. The number of ether oxygens (including phenoxy) is 1. The highest BCUT2D eigenvalue weighted by Crippen LogP contribution is 2.40. The fourth-order valence-electron chi connectivity index (χ4n) is 1.77. The van der Waals surface area contributed by atoms with Crippen LogP contribution in [0.1, 0.15) is 26.4 Å². The average Bonchev–Trinajstić information content (AvgIpc) is 2.69. The number of thiophene rings is 1. The molecule has 1 aromatic carbocycles. The average molecular weight is 390 g/mol. The first-order chi connectivity index (χ1) is 8.52. The van der Waals surface area contributed by atoms with Crippen LogP contribution in [-0.4, -0.2) is 7.11 Å². The molecule has 0 amide bonds. The molecule has 0 N–H and O–H groups in total.